The first-order valence-electron chi connectivity index (χ1n) is 8.73. The van der Waals surface area contributed by atoms with E-state index in [0.29, 0.717) is 24.2 Å². The Morgan fingerprint density at radius 3 is 2.63 bits per heavy atom. The molecular formula is C22H16BrNO3. The largest absolute Gasteiger partial charge is 0.473 e. The molecule has 0 unspecified atom stereocenters. The summed E-state index contributed by atoms with van der Waals surface area (Å²) in [6.45, 7) is 3.15. The summed E-state index contributed by atoms with van der Waals surface area (Å²) in [4.78, 5) is 14.6. The van der Waals surface area contributed by atoms with Gasteiger partial charge in [0.05, 0.1) is 17.5 Å². The molecule has 0 aliphatic carbocycles. The van der Waals surface area contributed by atoms with E-state index in [4.69, 9.17) is 9.15 Å². The molecule has 3 aromatic carbocycles. The van der Waals surface area contributed by atoms with Crippen LogP contribution in [-0.2, 0) is 6.54 Å². The van der Waals surface area contributed by atoms with Gasteiger partial charge in [-0.05, 0) is 54.3 Å². The Balaban J connectivity index is 1.70. The predicted molar refractivity (Wildman–Crippen MR) is 111 cm³/mol. The minimum atomic E-state index is -0.316. The average Bonchev–Trinajstić information content (AvgIpc) is 2.68. The molecule has 0 N–H and O–H groups in total. The van der Waals surface area contributed by atoms with E-state index in [1.54, 1.807) is 6.07 Å². The van der Waals surface area contributed by atoms with E-state index in [1.807, 2.05) is 36.4 Å². The van der Waals surface area contributed by atoms with Gasteiger partial charge >= 0.3 is 5.63 Å². The van der Waals surface area contributed by atoms with Crippen molar-refractivity contribution in [2.24, 2.45) is 0 Å². The lowest BCUT2D eigenvalue weighted by Gasteiger charge is -2.32. The van der Waals surface area contributed by atoms with Crippen LogP contribution in [0.15, 0.2) is 68.3 Å². The summed E-state index contributed by atoms with van der Waals surface area (Å²) < 4.78 is 12.8. The highest BCUT2D eigenvalue weighted by molar-refractivity contribution is 9.10. The molecule has 0 saturated carbocycles. The van der Waals surface area contributed by atoms with Crippen molar-refractivity contribution >= 4 is 43.4 Å². The molecule has 27 heavy (non-hydrogen) atoms. The first-order chi connectivity index (χ1) is 13.1. The van der Waals surface area contributed by atoms with Crippen LogP contribution in [-0.4, -0.2) is 6.73 Å². The first kappa shape index (κ1) is 16.4. The molecule has 2 heterocycles. The van der Waals surface area contributed by atoms with Crippen LogP contribution in [0.25, 0.3) is 21.7 Å². The molecule has 0 saturated heterocycles. The molecule has 5 heteroatoms. The van der Waals surface area contributed by atoms with Crippen LogP contribution < -0.4 is 15.3 Å². The molecule has 134 valence electrons. The SMILES string of the molecule is Cc1cc(Br)ccc1N1COc2ccc3c(oc(=O)c4ccccc43)c2C1. The third-order valence-electron chi connectivity index (χ3n) is 5.07. The van der Waals surface area contributed by atoms with Crippen molar-refractivity contribution in [2.75, 3.05) is 11.6 Å². The number of hydrogen-bond donors (Lipinski definition) is 0. The highest BCUT2D eigenvalue weighted by Gasteiger charge is 2.23. The number of hydrogen-bond acceptors (Lipinski definition) is 4. The van der Waals surface area contributed by atoms with Crippen molar-refractivity contribution in [3.05, 3.63) is 80.6 Å². The van der Waals surface area contributed by atoms with Gasteiger partial charge in [0.15, 0.2) is 6.73 Å². The van der Waals surface area contributed by atoms with Crippen LogP contribution in [0.4, 0.5) is 5.69 Å². The van der Waals surface area contributed by atoms with Gasteiger partial charge in [0.2, 0.25) is 0 Å². The topological polar surface area (TPSA) is 42.7 Å². The second-order valence-electron chi connectivity index (χ2n) is 6.76. The Morgan fingerprint density at radius 2 is 1.81 bits per heavy atom. The van der Waals surface area contributed by atoms with Crippen LogP contribution in [0.1, 0.15) is 11.1 Å². The van der Waals surface area contributed by atoms with Crippen molar-refractivity contribution in [3.63, 3.8) is 0 Å². The maximum Gasteiger partial charge on any atom is 0.344 e. The highest BCUT2D eigenvalue weighted by atomic mass is 79.9. The van der Waals surface area contributed by atoms with Crippen LogP contribution in [0.2, 0.25) is 0 Å². The molecule has 0 amide bonds. The van der Waals surface area contributed by atoms with Gasteiger partial charge < -0.3 is 14.1 Å². The van der Waals surface area contributed by atoms with E-state index in [2.05, 4.69) is 39.9 Å². The number of fused-ring (bicyclic) bond motifs is 5. The molecule has 0 fully saturated rings. The number of ether oxygens (including phenoxy) is 1. The number of aryl methyl sites for hydroxylation is 1. The zero-order chi connectivity index (χ0) is 18.5. The van der Waals surface area contributed by atoms with Crippen molar-refractivity contribution < 1.29 is 9.15 Å². The molecular weight excluding hydrogens is 406 g/mol. The van der Waals surface area contributed by atoms with Gasteiger partial charge in [-0.3, -0.25) is 0 Å². The molecule has 4 nitrogen and oxygen atoms in total. The normalized spacial score (nSPS) is 13.6. The number of halogens is 1. The van der Waals surface area contributed by atoms with Crippen molar-refractivity contribution in [3.8, 4) is 5.75 Å². The molecule has 1 aliphatic heterocycles. The van der Waals surface area contributed by atoms with Crippen molar-refractivity contribution in [2.45, 2.75) is 13.5 Å². The van der Waals surface area contributed by atoms with Crippen LogP contribution in [0.5, 0.6) is 5.75 Å². The van der Waals surface area contributed by atoms with E-state index in [1.165, 1.54) is 0 Å². The van der Waals surface area contributed by atoms with E-state index in [-0.39, 0.29) is 5.63 Å². The third kappa shape index (κ3) is 2.61. The van der Waals surface area contributed by atoms with E-state index in [9.17, 15) is 4.79 Å². The lowest BCUT2D eigenvalue weighted by Crippen LogP contribution is -2.32. The summed E-state index contributed by atoms with van der Waals surface area (Å²) in [5.74, 6) is 0.770. The minimum Gasteiger partial charge on any atom is -0.473 e. The van der Waals surface area contributed by atoms with Gasteiger partial charge in [-0.15, -0.1) is 0 Å². The quantitative estimate of drug-likeness (QED) is 0.306. The second-order valence-corrected chi connectivity index (χ2v) is 7.67. The summed E-state index contributed by atoms with van der Waals surface area (Å²) in [5, 5.41) is 2.44. The standard InChI is InChI=1S/C22H16BrNO3/c1-13-10-14(23)6-8-19(13)24-11-18-20(26-12-24)9-7-16-15-4-2-3-5-17(15)22(25)27-21(16)18/h2-10H,11-12H2,1H3. The number of nitrogens with zero attached hydrogens (tertiary/aromatic N) is 1. The summed E-state index contributed by atoms with van der Waals surface area (Å²) in [5.41, 5.74) is 3.45. The van der Waals surface area contributed by atoms with Gasteiger partial charge in [0.25, 0.3) is 0 Å². The zero-order valence-electron chi connectivity index (χ0n) is 14.7. The first-order valence-corrected chi connectivity index (χ1v) is 9.52. The van der Waals surface area contributed by atoms with Gasteiger partial charge in [0, 0.05) is 15.5 Å². The molecule has 5 rings (SSSR count). The average molecular weight is 422 g/mol. The lowest BCUT2D eigenvalue weighted by atomic mass is 10.0. The Labute approximate surface area is 164 Å². The molecule has 4 aromatic rings. The molecule has 0 spiro atoms. The van der Waals surface area contributed by atoms with Crippen molar-refractivity contribution in [1.82, 2.24) is 0 Å². The summed E-state index contributed by atoms with van der Waals surface area (Å²) in [7, 11) is 0. The predicted octanol–water partition coefficient (Wildman–Crippen LogP) is 5.37. The molecule has 0 atom stereocenters. The van der Waals surface area contributed by atoms with Gasteiger partial charge in [-0.25, -0.2) is 4.79 Å². The molecule has 0 radical (unpaired) electrons. The summed E-state index contributed by atoms with van der Waals surface area (Å²) in [6.07, 6.45) is 0. The maximum atomic E-state index is 12.5. The van der Waals surface area contributed by atoms with Crippen LogP contribution >= 0.6 is 15.9 Å². The minimum absolute atomic E-state index is 0.316. The Bertz CT molecular complexity index is 1260. The highest BCUT2D eigenvalue weighted by Crippen LogP contribution is 2.36. The van der Waals surface area contributed by atoms with Gasteiger partial charge in [-0.2, -0.15) is 0 Å². The van der Waals surface area contributed by atoms with Crippen LogP contribution in [0.3, 0.4) is 0 Å². The second kappa shape index (κ2) is 6.13. The fourth-order valence-corrected chi connectivity index (χ4v) is 4.25. The molecule has 1 aromatic heterocycles. The number of benzene rings is 3. The smallest absolute Gasteiger partial charge is 0.344 e. The molecule has 0 bridgehead atoms. The Morgan fingerprint density at radius 1 is 1.00 bits per heavy atom. The van der Waals surface area contributed by atoms with Crippen molar-refractivity contribution in [1.29, 1.82) is 0 Å². The van der Waals surface area contributed by atoms with E-state index >= 15 is 0 Å². The zero-order valence-corrected chi connectivity index (χ0v) is 16.2. The van der Waals surface area contributed by atoms with Crippen LogP contribution in [0, 0.1) is 6.92 Å². The summed E-state index contributed by atoms with van der Waals surface area (Å²) in [6, 6.07) is 17.7. The lowest BCUT2D eigenvalue weighted by molar-refractivity contribution is 0.289. The summed E-state index contributed by atoms with van der Waals surface area (Å²) >= 11 is 3.51. The number of anilines is 1. The maximum absolute atomic E-state index is 12.5. The van der Waals surface area contributed by atoms with E-state index in [0.717, 1.165) is 37.8 Å². The third-order valence-corrected chi connectivity index (χ3v) is 5.57. The van der Waals surface area contributed by atoms with E-state index < -0.39 is 0 Å². The fraction of sp³-hybridized carbons (Fsp3) is 0.136. The van der Waals surface area contributed by atoms with Gasteiger partial charge in [-0.1, -0.05) is 34.1 Å². The molecule has 1 aliphatic rings. The number of rotatable bonds is 1. The van der Waals surface area contributed by atoms with Gasteiger partial charge in [0.1, 0.15) is 11.3 Å². The fourth-order valence-electron chi connectivity index (χ4n) is 3.78. The Hall–Kier alpha value is -2.79. The Kier molecular flexibility index (Phi) is 3.72. The monoisotopic (exact) mass is 421 g/mol.